The number of hydrogen-bond acceptors (Lipinski definition) is 4. The van der Waals surface area contributed by atoms with Gasteiger partial charge in [0.2, 0.25) is 0 Å². The number of pyridine rings is 1. The molecule has 0 unspecified atom stereocenters. The van der Waals surface area contributed by atoms with E-state index >= 15 is 0 Å². The third-order valence-corrected chi connectivity index (χ3v) is 2.92. The van der Waals surface area contributed by atoms with Gasteiger partial charge in [-0.1, -0.05) is 0 Å². The van der Waals surface area contributed by atoms with Gasteiger partial charge < -0.3 is 9.72 Å². The second kappa shape index (κ2) is 4.73. The van der Waals surface area contributed by atoms with Gasteiger partial charge in [-0.2, -0.15) is 0 Å². The highest BCUT2D eigenvalue weighted by molar-refractivity contribution is 6.01. The van der Waals surface area contributed by atoms with Crippen molar-refractivity contribution in [1.82, 2.24) is 15.0 Å². The van der Waals surface area contributed by atoms with Crippen LogP contribution >= 0.6 is 0 Å². The zero-order valence-corrected chi connectivity index (χ0v) is 10.6. The van der Waals surface area contributed by atoms with Crippen LogP contribution in [0.2, 0.25) is 0 Å². The number of aromatic amines is 1. The van der Waals surface area contributed by atoms with Gasteiger partial charge in [-0.05, 0) is 30.3 Å². The molecular weight excluding hydrogens is 261 g/mol. The number of aromatic nitrogens is 3. The molecule has 3 aromatic rings. The number of ether oxygens (including phenoxy) is 1. The predicted molar refractivity (Wildman–Crippen MR) is 70.6 cm³/mol. The summed E-state index contributed by atoms with van der Waals surface area (Å²) in [5, 5.41) is 0. The lowest BCUT2D eigenvalue weighted by Gasteiger charge is -1.98. The lowest BCUT2D eigenvalue weighted by molar-refractivity contribution is 0.0602. The molecule has 0 saturated heterocycles. The minimum atomic E-state index is -0.466. The Kier molecular flexibility index (Phi) is 2.90. The number of esters is 1. The zero-order valence-electron chi connectivity index (χ0n) is 10.6. The van der Waals surface area contributed by atoms with Crippen molar-refractivity contribution in [3.63, 3.8) is 0 Å². The number of H-pyrrole nitrogens is 1. The number of fused-ring (bicyclic) bond motifs is 1. The molecule has 0 radical (unpaired) electrons. The first kappa shape index (κ1) is 12.3. The Morgan fingerprint density at radius 1 is 1.25 bits per heavy atom. The lowest BCUT2D eigenvalue weighted by Crippen LogP contribution is -2.02. The van der Waals surface area contributed by atoms with Crippen LogP contribution < -0.4 is 0 Å². The molecule has 100 valence electrons. The molecule has 0 fully saturated rings. The Morgan fingerprint density at radius 2 is 2.00 bits per heavy atom. The number of nitrogens with zero attached hydrogens (tertiary/aromatic N) is 2. The fraction of sp³-hybridized carbons (Fsp3) is 0.0714. The molecule has 0 aliphatic carbocycles. The summed E-state index contributed by atoms with van der Waals surface area (Å²) in [4.78, 5) is 23.1. The van der Waals surface area contributed by atoms with Crippen LogP contribution in [0.15, 0.2) is 36.5 Å². The van der Waals surface area contributed by atoms with Crippen LogP contribution in [0, 0.1) is 5.82 Å². The Hall–Kier alpha value is -2.76. The minimum Gasteiger partial charge on any atom is -0.465 e. The van der Waals surface area contributed by atoms with Crippen molar-refractivity contribution in [1.29, 1.82) is 0 Å². The SMILES string of the molecule is COC(=O)c1ccnc2nc(-c3ccc(F)cc3)[nH]c12. The van der Waals surface area contributed by atoms with E-state index in [1.165, 1.54) is 25.4 Å². The van der Waals surface area contributed by atoms with E-state index in [1.807, 2.05) is 0 Å². The number of nitrogens with one attached hydrogen (secondary N) is 1. The maximum Gasteiger partial charge on any atom is 0.340 e. The Morgan fingerprint density at radius 3 is 2.70 bits per heavy atom. The third-order valence-electron chi connectivity index (χ3n) is 2.92. The zero-order chi connectivity index (χ0) is 14.1. The standard InChI is InChI=1S/C14H10FN3O2/c1-20-14(19)10-6-7-16-13-11(10)17-12(18-13)8-2-4-9(15)5-3-8/h2-7H,1H3,(H,16,17,18). The molecular formula is C14H10FN3O2. The quantitative estimate of drug-likeness (QED) is 0.727. The average Bonchev–Trinajstić information content (AvgIpc) is 2.91. The number of rotatable bonds is 2. The maximum absolute atomic E-state index is 12.9. The summed E-state index contributed by atoms with van der Waals surface area (Å²) in [6.07, 6.45) is 1.49. The van der Waals surface area contributed by atoms with Crippen molar-refractivity contribution in [3.05, 3.63) is 47.9 Å². The molecule has 0 aliphatic heterocycles. The topological polar surface area (TPSA) is 67.9 Å². The van der Waals surface area contributed by atoms with Crippen LogP contribution in [0.4, 0.5) is 4.39 Å². The Balaban J connectivity index is 2.15. The molecule has 20 heavy (non-hydrogen) atoms. The number of hydrogen-bond donors (Lipinski definition) is 1. The highest BCUT2D eigenvalue weighted by Gasteiger charge is 2.15. The minimum absolute atomic E-state index is 0.321. The van der Waals surface area contributed by atoms with Gasteiger partial charge >= 0.3 is 5.97 Å². The molecule has 0 saturated carbocycles. The second-order valence-electron chi connectivity index (χ2n) is 4.14. The van der Waals surface area contributed by atoms with E-state index in [0.29, 0.717) is 28.1 Å². The summed E-state index contributed by atoms with van der Waals surface area (Å²) in [7, 11) is 1.31. The van der Waals surface area contributed by atoms with Crippen LogP contribution in [0.1, 0.15) is 10.4 Å². The van der Waals surface area contributed by atoms with Gasteiger partial charge in [0.05, 0.1) is 18.2 Å². The number of halogens is 1. The van der Waals surface area contributed by atoms with Crippen LogP contribution in [0.5, 0.6) is 0 Å². The molecule has 3 rings (SSSR count). The number of carbonyl (C=O) groups excluding carboxylic acids is 1. The number of benzene rings is 1. The highest BCUT2D eigenvalue weighted by Crippen LogP contribution is 2.22. The van der Waals surface area contributed by atoms with Crippen molar-refractivity contribution in [2.24, 2.45) is 0 Å². The third kappa shape index (κ3) is 2.01. The van der Waals surface area contributed by atoms with Gasteiger partial charge in [0.15, 0.2) is 5.65 Å². The van der Waals surface area contributed by atoms with Crippen molar-refractivity contribution in [2.75, 3.05) is 7.11 Å². The summed E-state index contributed by atoms with van der Waals surface area (Å²) in [5.74, 6) is -0.270. The van der Waals surface area contributed by atoms with E-state index in [1.54, 1.807) is 18.2 Å². The number of imidazole rings is 1. The first-order valence-electron chi connectivity index (χ1n) is 5.88. The molecule has 2 heterocycles. The van der Waals surface area contributed by atoms with Gasteiger partial charge in [-0.3, -0.25) is 0 Å². The first-order valence-corrected chi connectivity index (χ1v) is 5.88. The van der Waals surface area contributed by atoms with Gasteiger partial charge in [0.1, 0.15) is 11.6 Å². The van der Waals surface area contributed by atoms with Crippen molar-refractivity contribution in [3.8, 4) is 11.4 Å². The van der Waals surface area contributed by atoms with E-state index in [9.17, 15) is 9.18 Å². The van der Waals surface area contributed by atoms with Crippen molar-refractivity contribution in [2.45, 2.75) is 0 Å². The van der Waals surface area contributed by atoms with E-state index in [0.717, 1.165) is 0 Å². The molecule has 0 aliphatic rings. The van der Waals surface area contributed by atoms with Crippen LogP contribution in [-0.4, -0.2) is 28.0 Å². The number of methoxy groups -OCH3 is 1. The van der Waals surface area contributed by atoms with E-state index < -0.39 is 5.97 Å². The molecule has 1 aromatic carbocycles. The van der Waals surface area contributed by atoms with E-state index in [4.69, 9.17) is 4.74 Å². The summed E-state index contributed by atoms with van der Waals surface area (Å²) in [6, 6.07) is 7.45. The van der Waals surface area contributed by atoms with E-state index in [-0.39, 0.29) is 5.82 Å². The van der Waals surface area contributed by atoms with Crippen LogP contribution in [0.3, 0.4) is 0 Å². The second-order valence-corrected chi connectivity index (χ2v) is 4.14. The van der Waals surface area contributed by atoms with Gasteiger partial charge in [0, 0.05) is 11.8 Å². The number of carbonyl (C=O) groups is 1. The largest absolute Gasteiger partial charge is 0.465 e. The van der Waals surface area contributed by atoms with Crippen molar-refractivity contribution >= 4 is 17.1 Å². The van der Waals surface area contributed by atoms with Crippen LogP contribution in [0.25, 0.3) is 22.6 Å². The summed E-state index contributed by atoms with van der Waals surface area (Å²) < 4.78 is 17.6. The Labute approximate surface area is 113 Å². The van der Waals surface area contributed by atoms with Gasteiger partial charge in [-0.25, -0.2) is 19.2 Å². The van der Waals surface area contributed by atoms with Crippen molar-refractivity contribution < 1.29 is 13.9 Å². The molecule has 0 atom stereocenters. The summed E-state index contributed by atoms with van der Waals surface area (Å²) in [5.41, 5.74) is 1.98. The smallest absolute Gasteiger partial charge is 0.340 e. The monoisotopic (exact) mass is 271 g/mol. The molecule has 6 heteroatoms. The summed E-state index contributed by atoms with van der Waals surface area (Å²) in [6.45, 7) is 0. The fourth-order valence-electron chi connectivity index (χ4n) is 1.94. The molecule has 0 amide bonds. The molecule has 0 spiro atoms. The predicted octanol–water partition coefficient (Wildman–Crippen LogP) is 2.55. The van der Waals surface area contributed by atoms with E-state index in [2.05, 4.69) is 15.0 Å². The highest BCUT2D eigenvalue weighted by atomic mass is 19.1. The van der Waals surface area contributed by atoms with Crippen LogP contribution in [-0.2, 0) is 4.74 Å². The normalized spacial score (nSPS) is 10.7. The Bertz CT molecular complexity index is 781. The molecule has 2 aromatic heterocycles. The van der Waals surface area contributed by atoms with Gasteiger partial charge in [-0.15, -0.1) is 0 Å². The summed E-state index contributed by atoms with van der Waals surface area (Å²) >= 11 is 0. The fourth-order valence-corrected chi connectivity index (χ4v) is 1.94. The first-order chi connectivity index (χ1) is 9.69. The average molecular weight is 271 g/mol. The van der Waals surface area contributed by atoms with Gasteiger partial charge in [0.25, 0.3) is 0 Å². The lowest BCUT2D eigenvalue weighted by atomic mass is 10.2. The molecule has 5 nitrogen and oxygen atoms in total. The molecule has 1 N–H and O–H groups in total. The maximum atomic E-state index is 12.9. The molecule has 0 bridgehead atoms.